The second-order valence-electron chi connectivity index (χ2n) is 11.9. The van der Waals surface area contributed by atoms with Gasteiger partial charge in [0, 0.05) is 31.1 Å². The standard InChI is InChI=1S/C38H43Cl2N3O8S/c1-7-25(2)41-38(45)33(20-26-11-9-8-10-12-26)42(23-27-13-16-30(39)31(40)19-27)37(44)24-43(32-21-28(48-3)14-17-34(32)49-4)52(46,47)29-15-18-35(50-5)36(22-29)51-6/h8-19,21-22,25,33H,7,20,23-24H2,1-6H3,(H,41,45)/t25-,33-/m1/s1. The number of rotatable bonds is 17. The molecule has 0 aliphatic rings. The van der Waals surface area contributed by atoms with E-state index in [2.05, 4.69) is 5.32 Å². The second kappa shape index (κ2) is 18.2. The summed E-state index contributed by atoms with van der Waals surface area (Å²) in [5, 5.41) is 3.59. The summed E-state index contributed by atoms with van der Waals surface area (Å²) in [6.45, 7) is 2.98. The van der Waals surface area contributed by atoms with Gasteiger partial charge in [0.15, 0.2) is 11.5 Å². The molecule has 278 valence electrons. The van der Waals surface area contributed by atoms with Gasteiger partial charge in [0.1, 0.15) is 24.1 Å². The molecule has 0 unspecified atom stereocenters. The number of anilines is 1. The molecule has 4 aromatic rings. The van der Waals surface area contributed by atoms with Crippen LogP contribution in [0.15, 0.2) is 89.8 Å². The van der Waals surface area contributed by atoms with Crippen LogP contribution < -0.4 is 28.6 Å². The number of hydrogen-bond acceptors (Lipinski definition) is 8. The SMILES string of the molecule is CC[C@@H](C)NC(=O)[C@@H](Cc1ccccc1)N(Cc1ccc(Cl)c(Cl)c1)C(=O)CN(c1cc(OC)ccc1OC)S(=O)(=O)c1ccc(OC)c(OC)c1. The molecule has 0 saturated heterocycles. The van der Waals surface area contributed by atoms with E-state index >= 15 is 0 Å². The molecule has 52 heavy (non-hydrogen) atoms. The average Bonchev–Trinajstić information content (AvgIpc) is 3.15. The van der Waals surface area contributed by atoms with Crippen LogP contribution in [0.3, 0.4) is 0 Å². The van der Waals surface area contributed by atoms with E-state index in [1.54, 1.807) is 30.3 Å². The van der Waals surface area contributed by atoms with Crippen molar-refractivity contribution in [1.82, 2.24) is 10.2 Å². The average molecular weight is 773 g/mol. The molecule has 0 bridgehead atoms. The van der Waals surface area contributed by atoms with Crippen molar-refractivity contribution < 1.29 is 37.0 Å². The molecule has 0 aliphatic carbocycles. The van der Waals surface area contributed by atoms with E-state index in [0.717, 1.165) is 9.87 Å². The van der Waals surface area contributed by atoms with Gasteiger partial charge in [-0.2, -0.15) is 0 Å². The second-order valence-corrected chi connectivity index (χ2v) is 14.5. The molecule has 4 rings (SSSR count). The predicted molar refractivity (Wildman–Crippen MR) is 202 cm³/mol. The Morgan fingerprint density at radius 2 is 1.44 bits per heavy atom. The molecule has 0 aliphatic heterocycles. The number of ether oxygens (including phenoxy) is 4. The van der Waals surface area contributed by atoms with Crippen molar-refractivity contribution >= 4 is 50.7 Å². The highest BCUT2D eigenvalue weighted by atomic mass is 35.5. The molecule has 0 radical (unpaired) electrons. The molecule has 2 atom stereocenters. The third kappa shape index (κ3) is 9.61. The fraction of sp³-hybridized carbons (Fsp3) is 0.316. The Kier molecular flexibility index (Phi) is 14.1. The summed E-state index contributed by atoms with van der Waals surface area (Å²) < 4.78 is 52.1. The van der Waals surface area contributed by atoms with E-state index in [-0.39, 0.29) is 46.1 Å². The number of carbonyl (C=O) groups is 2. The quantitative estimate of drug-likeness (QED) is 0.125. The minimum absolute atomic E-state index is 0.0307. The van der Waals surface area contributed by atoms with E-state index in [0.29, 0.717) is 28.5 Å². The van der Waals surface area contributed by atoms with Crippen LogP contribution in [-0.4, -0.2) is 72.2 Å². The fourth-order valence-electron chi connectivity index (χ4n) is 5.44. The number of sulfonamides is 1. The molecule has 0 fully saturated rings. The lowest BCUT2D eigenvalue weighted by molar-refractivity contribution is -0.140. The lowest BCUT2D eigenvalue weighted by Crippen LogP contribution is -2.54. The van der Waals surface area contributed by atoms with Gasteiger partial charge in [-0.3, -0.25) is 13.9 Å². The topological polar surface area (TPSA) is 124 Å². The fourth-order valence-corrected chi connectivity index (χ4v) is 7.19. The monoisotopic (exact) mass is 771 g/mol. The number of methoxy groups -OCH3 is 4. The largest absolute Gasteiger partial charge is 0.497 e. The zero-order chi connectivity index (χ0) is 38.0. The van der Waals surface area contributed by atoms with Crippen molar-refractivity contribution in [2.75, 3.05) is 39.3 Å². The molecular weight excluding hydrogens is 729 g/mol. The molecule has 2 amide bonds. The number of hydrogen-bond donors (Lipinski definition) is 1. The summed E-state index contributed by atoms with van der Waals surface area (Å²) >= 11 is 12.6. The van der Waals surface area contributed by atoms with Crippen LogP contribution in [0.4, 0.5) is 5.69 Å². The van der Waals surface area contributed by atoms with Gasteiger partial charge >= 0.3 is 0 Å². The number of benzene rings is 4. The van der Waals surface area contributed by atoms with Gasteiger partial charge in [0.2, 0.25) is 11.8 Å². The minimum atomic E-state index is -4.54. The van der Waals surface area contributed by atoms with E-state index in [1.807, 2.05) is 44.2 Å². The van der Waals surface area contributed by atoms with Crippen LogP contribution in [0.1, 0.15) is 31.4 Å². The Balaban J connectivity index is 1.92. The summed E-state index contributed by atoms with van der Waals surface area (Å²) in [6, 6.07) is 21.7. The summed E-state index contributed by atoms with van der Waals surface area (Å²) in [5.41, 5.74) is 1.40. The maximum absolute atomic E-state index is 14.9. The summed E-state index contributed by atoms with van der Waals surface area (Å²) in [5.74, 6) is -0.132. The van der Waals surface area contributed by atoms with Gasteiger partial charge in [-0.15, -0.1) is 0 Å². The van der Waals surface area contributed by atoms with E-state index in [1.165, 1.54) is 57.6 Å². The highest BCUT2D eigenvalue weighted by Gasteiger charge is 2.36. The first-order valence-corrected chi connectivity index (χ1v) is 18.6. The molecule has 0 aromatic heterocycles. The zero-order valence-electron chi connectivity index (χ0n) is 29.9. The first-order valence-electron chi connectivity index (χ1n) is 16.4. The Morgan fingerprint density at radius 3 is 2.06 bits per heavy atom. The van der Waals surface area contributed by atoms with Crippen molar-refractivity contribution in [1.29, 1.82) is 0 Å². The highest BCUT2D eigenvalue weighted by Crippen LogP contribution is 2.38. The number of halogens is 2. The molecule has 0 heterocycles. The van der Waals surface area contributed by atoms with Gasteiger partial charge < -0.3 is 29.2 Å². The lowest BCUT2D eigenvalue weighted by atomic mass is 10.0. The minimum Gasteiger partial charge on any atom is -0.497 e. The third-order valence-corrected chi connectivity index (χ3v) is 11.0. The Morgan fingerprint density at radius 1 is 0.769 bits per heavy atom. The lowest BCUT2D eigenvalue weighted by Gasteiger charge is -2.34. The summed E-state index contributed by atoms with van der Waals surface area (Å²) in [4.78, 5) is 30.2. The van der Waals surface area contributed by atoms with Crippen molar-refractivity contribution in [2.24, 2.45) is 0 Å². The molecule has 1 N–H and O–H groups in total. The number of carbonyl (C=O) groups excluding carboxylic acids is 2. The van der Waals surface area contributed by atoms with Gasteiger partial charge in [-0.25, -0.2) is 8.42 Å². The van der Waals surface area contributed by atoms with Crippen LogP contribution in [0.25, 0.3) is 0 Å². The third-order valence-electron chi connectivity index (χ3n) is 8.49. The Labute approximate surface area is 315 Å². The van der Waals surface area contributed by atoms with Crippen LogP contribution in [0.2, 0.25) is 10.0 Å². The summed E-state index contributed by atoms with van der Waals surface area (Å²) in [6.07, 6.45) is 0.790. The van der Waals surface area contributed by atoms with Gasteiger partial charge in [-0.1, -0.05) is 66.5 Å². The van der Waals surface area contributed by atoms with Crippen molar-refractivity contribution in [3.63, 3.8) is 0 Å². The summed E-state index contributed by atoms with van der Waals surface area (Å²) in [7, 11) is 1.11. The molecular formula is C38H43Cl2N3O8S. The Hall–Kier alpha value is -4.65. The van der Waals surface area contributed by atoms with E-state index < -0.39 is 34.4 Å². The highest BCUT2D eigenvalue weighted by molar-refractivity contribution is 7.92. The number of nitrogens with one attached hydrogen (secondary N) is 1. The maximum Gasteiger partial charge on any atom is 0.265 e. The van der Waals surface area contributed by atoms with Gasteiger partial charge in [-0.05, 0) is 60.9 Å². The first-order chi connectivity index (χ1) is 24.9. The van der Waals surface area contributed by atoms with Crippen LogP contribution in [0, 0.1) is 0 Å². The maximum atomic E-state index is 14.9. The Bertz CT molecular complexity index is 1960. The number of amides is 2. The predicted octanol–water partition coefficient (Wildman–Crippen LogP) is 6.78. The van der Waals surface area contributed by atoms with E-state index in [9.17, 15) is 18.0 Å². The molecule has 4 aromatic carbocycles. The molecule has 14 heteroatoms. The van der Waals surface area contributed by atoms with Crippen LogP contribution >= 0.6 is 23.2 Å². The molecule has 11 nitrogen and oxygen atoms in total. The van der Waals surface area contributed by atoms with Crippen molar-refractivity contribution in [3.05, 3.63) is 106 Å². The van der Waals surface area contributed by atoms with Gasteiger partial charge in [0.25, 0.3) is 10.0 Å². The van der Waals surface area contributed by atoms with Crippen LogP contribution in [0.5, 0.6) is 23.0 Å². The molecule has 0 spiro atoms. The van der Waals surface area contributed by atoms with Gasteiger partial charge in [0.05, 0.1) is 49.1 Å². The zero-order valence-corrected chi connectivity index (χ0v) is 32.2. The molecule has 0 saturated carbocycles. The first kappa shape index (κ1) is 40.1. The van der Waals surface area contributed by atoms with Crippen molar-refractivity contribution in [2.45, 2.75) is 50.2 Å². The smallest absolute Gasteiger partial charge is 0.265 e. The number of nitrogens with zero attached hydrogens (tertiary/aromatic N) is 2. The van der Waals surface area contributed by atoms with Crippen molar-refractivity contribution in [3.8, 4) is 23.0 Å². The van der Waals surface area contributed by atoms with E-state index in [4.69, 9.17) is 42.1 Å². The normalized spacial score (nSPS) is 12.3. The van der Waals surface area contributed by atoms with Crippen LogP contribution in [-0.2, 0) is 32.6 Å².